The van der Waals surface area contributed by atoms with E-state index in [0.29, 0.717) is 17.9 Å². The fourth-order valence-electron chi connectivity index (χ4n) is 6.09. The van der Waals surface area contributed by atoms with Gasteiger partial charge in [-0.1, -0.05) is 12.1 Å². The lowest BCUT2D eigenvalue weighted by atomic mass is 9.49. The first kappa shape index (κ1) is 18.3. The summed E-state index contributed by atoms with van der Waals surface area (Å²) in [6, 6.07) is 7.20. The highest BCUT2D eigenvalue weighted by Gasteiger charge is 2.51. The Bertz CT molecular complexity index is 693. The van der Waals surface area contributed by atoms with E-state index in [2.05, 4.69) is 5.32 Å². The molecule has 4 bridgehead atoms. The molecule has 4 aliphatic carbocycles. The number of carbonyl (C=O) groups excluding carboxylic acids is 2. The lowest BCUT2D eigenvalue weighted by molar-refractivity contribution is -0.160. The Balaban J connectivity index is 1.33. The second-order valence-electron chi connectivity index (χ2n) is 8.92. The smallest absolute Gasteiger partial charge is 0.307 e. The Morgan fingerprint density at radius 3 is 2.30 bits per heavy atom. The minimum Gasteiger partial charge on any atom is -0.495 e. The summed E-state index contributed by atoms with van der Waals surface area (Å²) in [5.74, 6) is 2.41. The second-order valence-corrected chi connectivity index (χ2v) is 8.92. The SMILES string of the molecule is COc1ccccc1NC(=O)[C@@H](C)OC(=O)CC12CC3CC(CC(C3)C1)C2. The molecule has 5 nitrogen and oxygen atoms in total. The number of amides is 1. The summed E-state index contributed by atoms with van der Waals surface area (Å²) in [4.78, 5) is 25.0. The van der Waals surface area contributed by atoms with Gasteiger partial charge < -0.3 is 14.8 Å². The van der Waals surface area contributed by atoms with Crippen molar-refractivity contribution in [1.29, 1.82) is 0 Å². The zero-order valence-electron chi connectivity index (χ0n) is 16.2. The highest BCUT2D eigenvalue weighted by atomic mass is 16.5. The third kappa shape index (κ3) is 3.83. The van der Waals surface area contributed by atoms with Gasteiger partial charge in [0.2, 0.25) is 0 Å². The van der Waals surface area contributed by atoms with Gasteiger partial charge in [-0.25, -0.2) is 0 Å². The maximum Gasteiger partial charge on any atom is 0.307 e. The van der Waals surface area contributed by atoms with E-state index in [0.717, 1.165) is 37.0 Å². The first-order valence-electron chi connectivity index (χ1n) is 10.1. The van der Waals surface area contributed by atoms with Crippen LogP contribution in [-0.4, -0.2) is 25.1 Å². The first-order chi connectivity index (χ1) is 13.0. The van der Waals surface area contributed by atoms with Crippen LogP contribution in [0.25, 0.3) is 0 Å². The second kappa shape index (κ2) is 7.17. The lowest BCUT2D eigenvalue weighted by Gasteiger charge is -2.56. The number of benzene rings is 1. The Labute approximate surface area is 160 Å². The topological polar surface area (TPSA) is 64.6 Å². The minimum atomic E-state index is -0.823. The van der Waals surface area contributed by atoms with Crippen molar-refractivity contribution >= 4 is 17.6 Å². The zero-order chi connectivity index (χ0) is 19.0. The summed E-state index contributed by atoms with van der Waals surface area (Å²) in [6.45, 7) is 1.63. The quantitative estimate of drug-likeness (QED) is 0.762. The van der Waals surface area contributed by atoms with Crippen LogP contribution in [0.5, 0.6) is 5.75 Å². The lowest BCUT2D eigenvalue weighted by Crippen LogP contribution is -2.47. The number of carbonyl (C=O) groups is 2. The molecule has 0 heterocycles. The van der Waals surface area contributed by atoms with Crippen molar-refractivity contribution in [3.63, 3.8) is 0 Å². The fraction of sp³-hybridized carbons (Fsp3) is 0.636. The van der Waals surface area contributed by atoms with Gasteiger partial charge in [0.15, 0.2) is 6.10 Å². The van der Waals surface area contributed by atoms with E-state index < -0.39 is 6.10 Å². The van der Waals surface area contributed by atoms with E-state index in [1.54, 1.807) is 26.2 Å². The van der Waals surface area contributed by atoms with Gasteiger partial charge in [-0.2, -0.15) is 0 Å². The molecule has 4 saturated carbocycles. The molecular formula is C22H29NO4. The molecule has 1 amide bonds. The standard InChI is InChI=1S/C22H29NO4/c1-14(21(25)23-18-5-3-4-6-19(18)26-2)27-20(24)13-22-10-15-7-16(11-22)9-17(8-15)12-22/h3-6,14-17H,7-13H2,1-2H3,(H,23,25)/t14-,15?,16?,17?,22?/m1/s1. The molecule has 4 aliphatic rings. The van der Waals surface area contributed by atoms with Crippen molar-refractivity contribution in [2.75, 3.05) is 12.4 Å². The predicted octanol–water partition coefficient (Wildman–Crippen LogP) is 4.17. The van der Waals surface area contributed by atoms with Gasteiger partial charge in [-0.3, -0.25) is 9.59 Å². The van der Waals surface area contributed by atoms with Crippen LogP contribution in [0.2, 0.25) is 0 Å². The highest BCUT2D eigenvalue weighted by molar-refractivity contribution is 5.96. The normalized spacial score (nSPS) is 32.0. The molecule has 4 fully saturated rings. The monoisotopic (exact) mass is 371 g/mol. The van der Waals surface area contributed by atoms with Gasteiger partial charge in [-0.05, 0) is 80.8 Å². The number of nitrogens with one attached hydrogen (secondary N) is 1. The van der Waals surface area contributed by atoms with E-state index >= 15 is 0 Å². The van der Waals surface area contributed by atoms with Crippen LogP contribution in [0.1, 0.15) is 51.9 Å². The molecule has 1 N–H and O–H groups in total. The molecule has 1 aromatic carbocycles. The summed E-state index contributed by atoms with van der Waals surface area (Å²) < 4.78 is 10.7. The Kier molecular flexibility index (Phi) is 4.87. The molecule has 0 aromatic heterocycles. The molecule has 1 aromatic rings. The first-order valence-corrected chi connectivity index (χ1v) is 10.1. The molecule has 5 rings (SSSR count). The third-order valence-corrected chi connectivity index (χ3v) is 6.73. The summed E-state index contributed by atoms with van der Waals surface area (Å²) in [5.41, 5.74) is 0.707. The van der Waals surface area contributed by atoms with Gasteiger partial charge in [0, 0.05) is 0 Å². The number of esters is 1. The predicted molar refractivity (Wildman–Crippen MR) is 102 cm³/mol. The van der Waals surface area contributed by atoms with Crippen molar-refractivity contribution in [1.82, 2.24) is 0 Å². The van der Waals surface area contributed by atoms with Gasteiger partial charge in [0.1, 0.15) is 5.75 Å². The summed E-state index contributed by atoms with van der Waals surface area (Å²) in [6.07, 6.45) is 7.19. The van der Waals surface area contributed by atoms with Crippen molar-refractivity contribution in [3.05, 3.63) is 24.3 Å². The van der Waals surface area contributed by atoms with E-state index in [-0.39, 0.29) is 17.3 Å². The Morgan fingerprint density at radius 2 is 1.70 bits per heavy atom. The van der Waals surface area contributed by atoms with E-state index in [4.69, 9.17) is 9.47 Å². The van der Waals surface area contributed by atoms with Crippen LogP contribution < -0.4 is 10.1 Å². The number of methoxy groups -OCH3 is 1. The highest BCUT2D eigenvalue weighted by Crippen LogP contribution is 2.61. The van der Waals surface area contributed by atoms with Gasteiger partial charge in [-0.15, -0.1) is 0 Å². The molecule has 27 heavy (non-hydrogen) atoms. The summed E-state index contributed by atoms with van der Waals surface area (Å²) in [5, 5.41) is 2.78. The average molecular weight is 371 g/mol. The van der Waals surface area contributed by atoms with E-state index in [1.807, 2.05) is 12.1 Å². The number of hydrogen-bond acceptors (Lipinski definition) is 4. The Hall–Kier alpha value is -2.04. The fourth-order valence-corrected chi connectivity index (χ4v) is 6.09. The molecule has 1 atom stereocenters. The molecule has 5 heteroatoms. The molecular weight excluding hydrogens is 342 g/mol. The molecule has 0 spiro atoms. The van der Waals surface area contributed by atoms with Crippen LogP contribution in [-0.2, 0) is 14.3 Å². The van der Waals surface area contributed by atoms with Gasteiger partial charge in [0.05, 0.1) is 19.2 Å². The number of para-hydroxylation sites is 2. The van der Waals surface area contributed by atoms with Gasteiger partial charge >= 0.3 is 5.97 Å². The number of ether oxygens (including phenoxy) is 2. The van der Waals surface area contributed by atoms with Crippen molar-refractivity contribution in [3.8, 4) is 5.75 Å². The molecule has 146 valence electrons. The van der Waals surface area contributed by atoms with E-state index in [9.17, 15) is 9.59 Å². The average Bonchev–Trinajstić information content (AvgIpc) is 2.60. The van der Waals surface area contributed by atoms with Crippen LogP contribution in [0.3, 0.4) is 0 Å². The van der Waals surface area contributed by atoms with E-state index in [1.165, 1.54) is 19.3 Å². The maximum absolute atomic E-state index is 12.6. The molecule has 0 radical (unpaired) electrons. The van der Waals surface area contributed by atoms with Crippen LogP contribution >= 0.6 is 0 Å². The van der Waals surface area contributed by atoms with Crippen LogP contribution in [0.15, 0.2) is 24.3 Å². The maximum atomic E-state index is 12.6. The minimum absolute atomic E-state index is 0.130. The van der Waals surface area contributed by atoms with Crippen molar-refractivity contribution < 1.29 is 19.1 Å². The molecule has 0 unspecified atom stereocenters. The van der Waals surface area contributed by atoms with Gasteiger partial charge in [0.25, 0.3) is 5.91 Å². The molecule has 0 saturated heterocycles. The van der Waals surface area contributed by atoms with Crippen molar-refractivity contribution in [2.45, 2.75) is 58.0 Å². The number of hydrogen-bond donors (Lipinski definition) is 1. The summed E-state index contributed by atoms with van der Waals surface area (Å²) in [7, 11) is 1.56. The zero-order valence-corrected chi connectivity index (χ0v) is 16.2. The largest absolute Gasteiger partial charge is 0.495 e. The number of anilines is 1. The third-order valence-electron chi connectivity index (χ3n) is 6.73. The molecule has 0 aliphatic heterocycles. The van der Waals surface area contributed by atoms with Crippen LogP contribution in [0.4, 0.5) is 5.69 Å². The van der Waals surface area contributed by atoms with Crippen LogP contribution in [0, 0.1) is 23.2 Å². The van der Waals surface area contributed by atoms with Crippen molar-refractivity contribution in [2.24, 2.45) is 23.2 Å². The Morgan fingerprint density at radius 1 is 1.11 bits per heavy atom. The summed E-state index contributed by atoms with van der Waals surface area (Å²) >= 11 is 0. The number of rotatable bonds is 6.